The predicted molar refractivity (Wildman–Crippen MR) is 73.4 cm³/mol. The molecule has 2 aromatic rings. The molecule has 0 unspecified atom stereocenters. The minimum absolute atomic E-state index is 0.149. The average Bonchev–Trinajstić information content (AvgIpc) is 2.46. The van der Waals surface area contributed by atoms with Gasteiger partial charge in [0.25, 0.3) is 5.91 Å². The maximum atomic E-state index is 11.4. The summed E-state index contributed by atoms with van der Waals surface area (Å²) < 4.78 is 0. The number of hydrogen-bond acceptors (Lipinski definition) is 8. The number of amides is 1. The van der Waals surface area contributed by atoms with Gasteiger partial charge in [-0.3, -0.25) is 4.79 Å². The molecule has 0 bridgehead atoms. The molecule has 6 N–H and O–H groups in total. The Morgan fingerprint density at radius 1 is 1.20 bits per heavy atom. The number of nitrogens with one attached hydrogen (secondary N) is 2. The number of aromatic nitrogens is 4. The van der Waals surface area contributed by atoms with Gasteiger partial charge in [-0.2, -0.15) is 4.98 Å². The summed E-state index contributed by atoms with van der Waals surface area (Å²) in [4.78, 5) is 27.5. The SMILES string of the molecule is NCCNc1ncc(C(N)=O)c(Nc2ncccn2)n1. The molecule has 2 heterocycles. The number of rotatable bonds is 6. The smallest absolute Gasteiger partial charge is 0.254 e. The second-order valence-corrected chi connectivity index (χ2v) is 3.73. The van der Waals surface area contributed by atoms with Gasteiger partial charge in [0.1, 0.15) is 5.56 Å². The van der Waals surface area contributed by atoms with E-state index in [9.17, 15) is 4.79 Å². The van der Waals surface area contributed by atoms with Crippen molar-refractivity contribution in [1.29, 1.82) is 0 Å². The normalized spacial score (nSPS) is 10.1. The standard InChI is InChI=1S/C11H14N8O/c12-2-5-16-11-17-6-7(8(13)20)9(19-11)18-10-14-3-1-4-15-10/h1,3-4,6H,2,5,12H2,(H2,13,20)(H2,14,15,16,17,18,19). The van der Waals surface area contributed by atoms with Crippen LogP contribution in [0.3, 0.4) is 0 Å². The lowest BCUT2D eigenvalue weighted by Crippen LogP contribution is -2.18. The van der Waals surface area contributed by atoms with Gasteiger partial charge < -0.3 is 22.1 Å². The molecule has 2 aromatic heterocycles. The van der Waals surface area contributed by atoms with Crippen molar-refractivity contribution in [2.45, 2.75) is 0 Å². The Bertz CT molecular complexity index is 588. The van der Waals surface area contributed by atoms with Crippen molar-refractivity contribution in [3.63, 3.8) is 0 Å². The number of carbonyl (C=O) groups is 1. The Hall–Kier alpha value is -2.81. The van der Waals surface area contributed by atoms with E-state index in [4.69, 9.17) is 11.5 Å². The van der Waals surface area contributed by atoms with E-state index < -0.39 is 5.91 Å². The first-order valence-electron chi connectivity index (χ1n) is 5.85. The van der Waals surface area contributed by atoms with Crippen LogP contribution in [-0.4, -0.2) is 38.9 Å². The van der Waals surface area contributed by atoms with Gasteiger partial charge in [-0.25, -0.2) is 15.0 Å². The van der Waals surface area contributed by atoms with E-state index in [1.165, 1.54) is 6.20 Å². The largest absolute Gasteiger partial charge is 0.365 e. The molecule has 0 aliphatic rings. The molecule has 1 amide bonds. The molecule has 0 saturated carbocycles. The second-order valence-electron chi connectivity index (χ2n) is 3.73. The summed E-state index contributed by atoms with van der Waals surface area (Å²) in [5, 5.41) is 5.73. The summed E-state index contributed by atoms with van der Waals surface area (Å²) in [5.74, 6) is 0.226. The van der Waals surface area contributed by atoms with Gasteiger partial charge in [0.05, 0.1) is 0 Å². The molecule has 0 spiro atoms. The highest BCUT2D eigenvalue weighted by atomic mass is 16.1. The van der Waals surface area contributed by atoms with Crippen molar-refractivity contribution in [3.8, 4) is 0 Å². The van der Waals surface area contributed by atoms with Crippen LogP contribution in [0.15, 0.2) is 24.7 Å². The third kappa shape index (κ3) is 3.36. The topological polar surface area (TPSA) is 145 Å². The van der Waals surface area contributed by atoms with E-state index in [0.29, 0.717) is 25.0 Å². The highest BCUT2D eigenvalue weighted by Gasteiger charge is 2.13. The molecule has 2 rings (SSSR count). The van der Waals surface area contributed by atoms with Crippen LogP contribution < -0.4 is 22.1 Å². The molecule has 9 nitrogen and oxygen atoms in total. The number of primary amides is 1. The molecular weight excluding hydrogens is 260 g/mol. The summed E-state index contributed by atoms with van der Waals surface area (Å²) in [5.41, 5.74) is 10.8. The minimum Gasteiger partial charge on any atom is -0.365 e. The molecule has 0 fully saturated rings. The number of hydrogen-bond donors (Lipinski definition) is 4. The van der Waals surface area contributed by atoms with Crippen molar-refractivity contribution in [1.82, 2.24) is 19.9 Å². The monoisotopic (exact) mass is 274 g/mol. The van der Waals surface area contributed by atoms with Gasteiger partial charge in [-0.15, -0.1) is 0 Å². The van der Waals surface area contributed by atoms with Crippen molar-refractivity contribution in [3.05, 3.63) is 30.2 Å². The summed E-state index contributed by atoms with van der Waals surface area (Å²) in [6.07, 6.45) is 4.46. The lowest BCUT2D eigenvalue weighted by molar-refractivity contribution is 0.100. The van der Waals surface area contributed by atoms with E-state index in [1.54, 1.807) is 18.5 Å². The third-order valence-electron chi connectivity index (χ3n) is 2.28. The van der Waals surface area contributed by atoms with E-state index in [2.05, 4.69) is 30.6 Å². The molecule has 0 aliphatic carbocycles. The van der Waals surface area contributed by atoms with Crippen LogP contribution in [0.2, 0.25) is 0 Å². The molecule has 0 radical (unpaired) electrons. The first-order valence-corrected chi connectivity index (χ1v) is 5.85. The van der Waals surface area contributed by atoms with Gasteiger partial charge in [0.15, 0.2) is 5.82 Å². The van der Waals surface area contributed by atoms with Gasteiger partial charge in [0.2, 0.25) is 11.9 Å². The highest BCUT2D eigenvalue weighted by Crippen LogP contribution is 2.16. The first kappa shape index (κ1) is 13.6. The Balaban J connectivity index is 2.29. The summed E-state index contributed by atoms with van der Waals surface area (Å²) in [6, 6.07) is 1.67. The van der Waals surface area contributed by atoms with Crippen LogP contribution in [0.5, 0.6) is 0 Å². The van der Waals surface area contributed by atoms with E-state index in [-0.39, 0.29) is 11.4 Å². The molecule has 104 valence electrons. The average molecular weight is 274 g/mol. The number of anilines is 3. The maximum absolute atomic E-state index is 11.4. The van der Waals surface area contributed by atoms with Crippen LogP contribution in [0.1, 0.15) is 10.4 Å². The second kappa shape index (κ2) is 6.38. The van der Waals surface area contributed by atoms with Gasteiger partial charge in [0, 0.05) is 31.7 Å². The van der Waals surface area contributed by atoms with E-state index in [0.717, 1.165) is 0 Å². The van der Waals surface area contributed by atoms with Gasteiger partial charge in [-0.1, -0.05) is 0 Å². The molecule has 0 aromatic carbocycles. The maximum Gasteiger partial charge on any atom is 0.254 e. The summed E-state index contributed by atoms with van der Waals surface area (Å²) in [6.45, 7) is 0.947. The molecule has 0 aliphatic heterocycles. The fraction of sp³-hybridized carbons (Fsp3) is 0.182. The van der Waals surface area contributed by atoms with Gasteiger partial charge in [-0.05, 0) is 6.07 Å². The lowest BCUT2D eigenvalue weighted by Gasteiger charge is -2.09. The van der Waals surface area contributed by atoms with E-state index >= 15 is 0 Å². The van der Waals surface area contributed by atoms with Crippen LogP contribution in [0.25, 0.3) is 0 Å². The van der Waals surface area contributed by atoms with Crippen LogP contribution in [-0.2, 0) is 0 Å². The van der Waals surface area contributed by atoms with Crippen LogP contribution in [0.4, 0.5) is 17.7 Å². The van der Waals surface area contributed by atoms with E-state index in [1.807, 2.05) is 0 Å². The zero-order chi connectivity index (χ0) is 14.4. The molecule has 0 saturated heterocycles. The van der Waals surface area contributed by atoms with Gasteiger partial charge >= 0.3 is 0 Å². The fourth-order valence-electron chi connectivity index (χ4n) is 1.40. The minimum atomic E-state index is -0.645. The number of carbonyl (C=O) groups excluding carboxylic acids is 1. The molecule has 0 atom stereocenters. The third-order valence-corrected chi connectivity index (χ3v) is 2.28. The van der Waals surface area contributed by atoms with Crippen molar-refractivity contribution < 1.29 is 4.79 Å². The quantitative estimate of drug-likeness (QED) is 0.550. The van der Waals surface area contributed by atoms with Crippen LogP contribution >= 0.6 is 0 Å². The Labute approximate surface area is 114 Å². The predicted octanol–water partition coefficient (Wildman–Crippen LogP) is -0.520. The Morgan fingerprint density at radius 3 is 2.60 bits per heavy atom. The van der Waals surface area contributed by atoms with Crippen LogP contribution in [0, 0.1) is 0 Å². The zero-order valence-electron chi connectivity index (χ0n) is 10.6. The number of nitrogens with two attached hydrogens (primary N) is 2. The Morgan fingerprint density at radius 2 is 1.95 bits per heavy atom. The van der Waals surface area contributed by atoms with Crippen molar-refractivity contribution >= 4 is 23.6 Å². The first-order chi connectivity index (χ1) is 9.70. The highest BCUT2D eigenvalue weighted by molar-refractivity contribution is 5.97. The molecule has 9 heteroatoms. The van der Waals surface area contributed by atoms with Crippen molar-refractivity contribution in [2.75, 3.05) is 23.7 Å². The zero-order valence-corrected chi connectivity index (χ0v) is 10.6. The number of nitrogens with zero attached hydrogens (tertiary/aromatic N) is 4. The fourth-order valence-corrected chi connectivity index (χ4v) is 1.40. The molecular formula is C11H14N8O. The summed E-state index contributed by atoms with van der Waals surface area (Å²) >= 11 is 0. The summed E-state index contributed by atoms with van der Waals surface area (Å²) in [7, 11) is 0. The Kier molecular flexibility index (Phi) is 4.35. The van der Waals surface area contributed by atoms with Crippen molar-refractivity contribution in [2.24, 2.45) is 11.5 Å². The lowest BCUT2D eigenvalue weighted by atomic mass is 10.3. The molecule has 20 heavy (non-hydrogen) atoms.